The Kier molecular flexibility index (Phi) is 3.99. The highest BCUT2D eigenvalue weighted by Crippen LogP contribution is 2.33. The fraction of sp³-hybridized carbons (Fsp3) is 0.500. The summed E-state index contributed by atoms with van der Waals surface area (Å²) in [5, 5.41) is 3.25. The van der Waals surface area contributed by atoms with Crippen LogP contribution in [0.1, 0.15) is 24.4 Å². The summed E-state index contributed by atoms with van der Waals surface area (Å²) in [6.45, 7) is 0.894. The number of nitrogens with one attached hydrogen (secondary N) is 1. The van der Waals surface area contributed by atoms with Gasteiger partial charge in [-0.05, 0) is 43.3 Å². The zero-order valence-corrected chi connectivity index (χ0v) is 12.0. The summed E-state index contributed by atoms with van der Waals surface area (Å²) in [4.78, 5) is 0.304. The van der Waals surface area contributed by atoms with Crippen LogP contribution >= 0.6 is 11.8 Å². The van der Waals surface area contributed by atoms with Crippen molar-refractivity contribution in [3.63, 3.8) is 0 Å². The molecule has 18 heavy (non-hydrogen) atoms. The Hall–Kier alpha value is -0.590. The molecule has 0 spiro atoms. The molecular weight excluding hydrogens is 273 g/mol. The molecule has 1 heterocycles. The number of sulfone groups is 1. The van der Waals surface area contributed by atoms with E-state index in [4.69, 9.17) is 0 Å². The quantitative estimate of drug-likeness (QED) is 0.868. The SMILES string of the molecule is CSc1c(F)cc(C2CCCN2)cc1S(C)(=O)=O. The molecule has 1 unspecified atom stereocenters. The summed E-state index contributed by atoms with van der Waals surface area (Å²) in [7, 11) is -3.41. The number of rotatable bonds is 3. The van der Waals surface area contributed by atoms with Gasteiger partial charge in [0.25, 0.3) is 0 Å². The van der Waals surface area contributed by atoms with E-state index in [0.29, 0.717) is 0 Å². The molecule has 0 amide bonds. The molecule has 1 atom stereocenters. The van der Waals surface area contributed by atoms with E-state index in [2.05, 4.69) is 5.32 Å². The van der Waals surface area contributed by atoms with Crippen LogP contribution in [0.15, 0.2) is 21.9 Å². The lowest BCUT2D eigenvalue weighted by molar-refractivity contribution is 0.566. The number of thioether (sulfide) groups is 1. The Morgan fingerprint density at radius 2 is 2.17 bits per heavy atom. The highest BCUT2D eigenvalue weighted by Gasteiger charge is 2.23. The first kappa shape index (κ1) is 13.8. The normalized spacial score (nSPS) is 20.3. The molecule has 0 saturated carbocycles. The Labute approximate surface area is 111 Å². The molecule has 1 aliphatic rings. The fourth-order valence-electron chi connectivity index (χ4n) is 2.23. The third-order valence-electron chi connectivity index (χ3n) is 3.10. The van der Waals surface area contributed by atoms with Gasteiger partial charge in [0.1, 0.15) is 5.82 Å². The van der Waals surface area contributed by atoms with Crippen LogP contribution in [0.2, 0.25) is 0 Å². The lowest BCUT2D eigenvalue weighted by Crippen LogP contribution is -2.14. The first-order valence-corrected chi connectivity index (χ1v) is 8.86. The average molecular weight is 289 g/mol. The van der Waals surface area contributed by atoms with Gasteiger partial charge in [0.05, 0.1) is 9.79 Å². The second kappa shape index (κ2) is 5.19. The molecule has 1 saturated heterocycles. The zero-order valence-electron chi connectivity index (χ0n) is 10.4. The van der Waals surface area contributed by atoms with E-state index in [1.807, 2.05) is 0 Å². The molecule has 3 nitrogen and oxygen atoms in total. The van der Waals surface area contributed by atoms with Crippen LogP contribution in [0.25, 0.3) is 0 Å². The number of benzene rings is 1. The first-order chi connectivity index (χ1) is 8.43. The van der Waals surface area contributed by atoms with Crippen LogP contribution in [0.5, 0.6) is 0 Å². The van der Waals surface area contributed by atoms with Crippen molar-refractivity contribution in [1.29, 1.82) is 0 Å². The molecule has 2 rings (SSSR count). The fourth-order valence-corrected chi connectivity index (χ4v) is 4.23. The van der Waals surface area contributed by atoms with Gasteiger partial charge in [-0.15, -0.1) is 11.8 Å². The maximum Gasteiger partial charge on any atom is 0.176 e. The van der Waals surface area contributed by atoms with Gasteiger partial charge < -0.3 is 5.32 Å². The molecule has 0 aliphatic carbocycles. The van der Waals surface area contributed by atoms with Crippen LogP contribution in [0.4, 0.5) is 4.39 Å². The molecule has 1 N–H and O–H groups in total. The lowest BCUT2D eigenvalue weighted by atomic mass is 10.1. The van der Waals surface area contributed by atoms with Gasteiger partial charge in [0.15, 0.2) is 9.84 Å². The van der Waals surface area contributed by atoms with Crippen LogP contribution in [-0.2, 0) is 9.84 Å². The van der Waals surface area contributed by atoms with Crippen molar-refractivity contribution in [2.75, 3.05) is 19.1 Å². The van der Waals surface area contributed by atoms with Crippen LogP contribution in [-0.4, -0.2) is 27.5 Å². The summed E-state index contributed by atoms with van der Waals surface area (Å²) in [6, 6.07) is 3.12. The lowest BCUT2D eigenvalue weighted by Gasteiger charge is -2.14. The highest BCUT2D eigenvalue weighted by atomic mass is 32.2. The van der Waals surface area contributed by atoms with E-state index in [1.54, 1.807) is 12.3 Å². The Morgan fingerprint density at radius 3 is 2.67 bits per heavy atom. The minimum atomic E-state index is -3.41. The Bertz CT molecular complexity index is 551. The minimum absolute atomic E-state index is 0.0657. The second-order valence-electron chi connectivity index (χ2n) is 4.46. The van der Waals surface area contributed by atoms with E-state index in [1.165, 1.54) is 6.07 Å². The number of halogens is 1. The molecule has 1 aromatic rings. The predicted octanol–water partition coefficient (Wildman–Crippen LogP) is 2.38. The topological polar surface area (TPSA) is 46.2 Å². The van der Waals surface area contributed by atoms with Crippen molar-refractivity contribution in [2.24, 2.45) is 0 Å². The summed E-state index contributed by atoms with van der Waals surface area (Å²) < 4.78 is 37.4. The molecule has 100 valence electrons. The van der Waals surface area contributed by atoms with E-state index in [-0.39, 0.29) is 15.8 Å². The van der Waals surface area contributed by atoms with Gasteiger partial charge in [0, 0.05) is 12.3 Å². The van der Waals surface area contributed by atoms with Crippen LogP contribution < -0.4 is 5.32 Å². The smallest absolute Gasteiger partial charge is 0.176 e. The predicted molar refractivity (Wildman–Crippen MR) is 71.3 cm³/mol. The molecule has 1 fully saturated rings. The second-order valence-corrected chi connectivity index (χ2v) is 7.26. The zero-order chi connectivity index (χ0) is 13.3. The van der Waals surface area contributed by atoms with E-state index in [9.17, 15) is 12.8 Å². The van der Waals surface area contributed by atoms with Crippen molar-refractivity contribution in [2.45, 2.75) is 28.7 Å². The van der Waals surface area contributed by atoms with Crippen molar-refractivity contribution in [3.8, 4) is 0 Å². The molecule has 6 heteroatoms. The van der Waals surface area contributed by atoms with Gasteiger partial charge in [0.2, 0.25) is 0 Å². The Morgan fingerprint density at radius 1 is 1.44 bits per heavy atom. The molecule has 1 aromatic carbocycles. The van der Waals surface area contributed by atoms with Crippen molar-refractivity contribution >= 4 is 21.6 Å². The monoisotopic (exact) mass is 289 g/mol. The van der Waals surface area contributed by atoms with E-state index >= 15 is 0 Å². The summed E-state index contributed by atoms with van der Waals surface area (Å²) in [6.07, 6.45) is 4.75. The van der Waals surface area contributed by atoms with Gasteiger partial charge in [-0.2, -0.15) is 0 Å². The summed E-state index contributed by atoms with van der Waals surface area (Å²) >= 11 is 1.13. The largest absolute Gasteiger partial charge is 0.310 e. The molecule has 1 aliphatic heterocycles. The van der Waals surface area contributed by atoms with Crippen LogP contribution in [0.3, 0.4) is 0 Å². The van der Waals surface area contributed by atoms with Gasteiger partial charge >= 0.3 is 0 Å². The third-order valence-corrected chi connectivity index (χ3v) is 5.17. The van der Waals surface area contributed by atoms with E-state index in [0.717, 1.165) is 43.0 Å². The first-order valence-electron chi connectivity index (χ1n) is 5.74. The maximum absolute atomic E-state index is 14.0. The average Bonchev–Trinajstić information content (AvgIpc) is 2.80. The summed E-state index contributed by atoms with van der Waals surface area (Å²) in [5.41, 5.74) is 0.725. The van der Waals surface area contributed by atoms with Crippen molar-refractivity contribution in [1.82, 2.24) is 5.32 Å². The Balaban J connectivity index is 2.55. The third kappa shape index (κ3) is 2.70. The summed E-state index contributed by atoms with van der Waals surface area (Å²) in [5.74, 6) is -0.450. The van der Waals surface area contributed by atoms with E-state index < -0.39 is 15.7 Å². The minimum Gasteiger partial charge on any atom is -0.310 e. The van der Waals surface area contributed by atoms with Gasteiger partial charge in [-0.3, -0.25) is 0 Å². The maximum atomic E-state index is 14.0. The molecule has 0 bridgehead atoms. The molecule has 0 aromatic heterocycles. The molecular formula is C12H16FNO2S2. The number of hydrogen-bond donors (Lipinski definition) is 1. The van der Waals surface area contributed by atoms with Gasteiger partial charge in [-0.25, -0.2) is 12.8 Å². The van der Waals surface area contributed by atoms with Crippen molar-refractivity contribution in [3.05, 3.63) is 23.5 Å². The highest BCUT2D eigenvalue weighted by molar-refractivity contribution is 7.99. The van der Waals surface area contributed by atoms with Crippen molar-refractivity contribution < 1.29 is 12.8 Å². The van der Waals surface area contributed by atoms with Gasteiger partial charge in [-0.1, -0.05) is 0 Å². The molecule has 0 radical (unpaired) electrons. The van der Waals surface area contributed by atoms with Crippen LogP contribution in [0, 0.1) is 5.82 Å². The number of hydrogen-bond acceptors (Lipinski definition) is 4. The standard InChI is InChI=1S/C12H16FNO2S2/c1-17-12-9(13)6-8(10-4-3-5-14-10)7-11(12)18(2,15)16/h6-7,10,14H,3-5H2,1-2H3.